The second-order valence-corrected chi connectivity index (χ2v) is 5.94. The molecule has 0 saturated carbocycles. The SMILES string of the molecule is Clc1cc(Cl)c(Oc2cc(Cl)c(Cl)c(Cl)c2)c(Cl)c1. The van der Waals surface area contributed by atoms with E-state index in [4.69, 9.17) is 74.3 Å². The molecule has 0 fully saturated rings. The van der Waals surface area contributed by atoms with Gasteiger partial charge in [-0.15, -0.1) is 0 Å². The highest BCUT2D eigenvalue weighted by Gasteiger charge is 2.13. The van der Waals surface area contributed by atoms with Gasteiger partial charge in [0, 0.05) is 17.2 Å². The van der Waals surface area contributed by atoms with Crippen LogP contribution in [0.5, 0.6) is 11.5 Å². The zero-order valence-electron chi connectivity index (χ0n) is 8.99. The maximum Gasteiger partial charge on any atom is 0.164 e. The van der Waals surface area contributed by atoms with E-state index in [1.54, 1.807) is 0 Å². The molecule has 2 rings (SSSR count). The average Bonchev–Trinajstić information content (AvgIpc) is 2.30. The molecule has 1 nitrogen and oxygen atoms in total. The topological polar surface area (TPSA) is 9.23 Å². The first-order valence-electron chi connectivity index (χ1n) is 4.85. The third kappa shape index (κ3) is 3.55. The molecule has 2 aromatic carbocycles. The van der Waals surface area contributed by atoms with E-state index in [0.29, 0.717) is 10.8 Å². The molecule has 0 atom stereocenters. The van der Waals surface area contributed by atoms with E-state index in [0.717, 1.165) is 0 Å². The van der Waals surface area contributed by atoms with E-state index in [9.17, 15) is 0 Å². The molecule has 0 radical (unpaired) electrons. The third-order valence-electron chi connectivity index (χ3n) is 2.14. The van der Waals surface area contributed by atoms with Crippen LogP contribution in [0.3, 0.4) is 0 Å². The lowest BCUT2D eigenvalue weighted by atomic mass is 10.3. The summed E-state index contributed by atoms with van der Waals surface area (Å²) in [4.78, 5) is 0. The summed E-state index contributed by atoms with van der Waals surface area (Å²) in [5, 5.41) is 1.76. The zero-order valence-corrected chi connectivity index (χ0v) is 13.5. The highest BCUT2D eigenvalue weighted by molar-refractivity contribution is 6.48. The Labute approximate surface area is 139 Å². The van der Waals surface area contributed by atoms with Crippen LogP contribution in [0, 0.1) is 0 Å². The first kappa shape index (κ1) is 15.4. The van der Waals surface area contributed by atoms with Crippen LogP contribution in [-0.2, 0) is 0 Å². The molecule has 100 valence electrons. The van der Waals surface area contributed by atoms with Crippen molar-refractivity contribution in [3.63, 3.8) is 0 Å². The number of benzene rings is 2. The lowest BCUT2D eigenvalue weighted by Gasteiger charge is -2.11. The van der Waals surface area contributed by atoms with Gasteiger partial charge in [0.2, 0.25) is 0 Å². The Bertz CT molecular complexity index is 594. The summed E-state index contributed by atoms with van der Waals surface area (Å²) >= 11 is 35.5. The van der Waals surface area contributed by atoms with Gasteiger partial charge in [0.15, 0.2) is 5.75 Å². The van der Waals surface area contributed by atoms with Gasteiger partial charge in [-0.05, 0) is 12.1 Å². The summed E-state index contributed by atoms with van der Waals surface area (Å²) < 4.78 is 5.56. The molecule has 0 N–H and O–H groups in total. The predicted octanol–water partition coefficient (Wildman–Crippen LogP) is 7.40. The van der Waals surface area contributed by atoms with Crippen molar-refractivity contribution in [3.8, 4) is 11.5 Å². The number of hydrogen-bond donors (Lipinski definition) is 0. The molecule has 0 spiro atoms. The molecule has 0 aliphatic heterocycles. The minimum atomic E-state index is 0.254. The first-order valence-corrected chi connectivity index (χ1v) is 7.12. The van der Waals surface area contributed by atoms with E-state index < -0.39 is 0 Å². The average molecular weight is 377 g/mol. The van der Waals surface area contributed by atoms with E-state index >= 15 is 0 Å². The van der Waals surface area contributed by atoms with Gasteiger partial charge in [-0.1, -0.05) is 69.6 Å². The van der Waals surface area contributed by atoms with Gasteiger partial charge in [-0.3, -0.25) is 0 Å². The molecule has 0 saturated heterocycles. The quantitative estimate of drug-likeness (QED) is 0.496. The van der Waals surface area contributed by atoms with Crippen molar-refractivity contribution < 1.29 is 4.74 Å². The van der Waals surface area contributed by atoms with E-state index in [1.165, 1.54) is 24.3 Å². The zero-order chi connectivity index (χ0) is 14.2. The summed E-state index contributed by atoms with van der Waals surface area (Å²) in [6.07, 6.45) is 0. The van der Waals surface area contributed by atoms with E-state index in [-0.39, 0.29) is 30.9 Å². The second-order valence-electron chi connectivity index (χ2n) is 3.50. The maximum absolute atomic E-state index is 6.01. The molecule has 19 heavy (non-hydrogen) atoms. The molecule has 0 aromatic heterocycles. The molecule has 0 heterocycles. The summed E-state index contributed by atoms with van der Waals surface area (Å²) in [5.41, 5.74) is 0. The van der Waals surface area contributed by atoms with Crippen molar-refractivity contribution in [1.82, 2.24) is 0 Å². The van der Waals surface area contributed by atoms with Gasteiger partial charge < -0.3 is 4.74 Å². The smallest absolute Gasteiger partial charge is 0.164 e. The van der Waals surface area contributed by atoms with Crippen LogP contribution < -0.4 is 4.74 Å². The Morgan fingerprint density at radius 3 is 1.58 bits per heavy atom. The van der Waals surface area contributed by atoms with Gasteiger partial charge in [0.1, 0.15) is 5.75 Å². The number of ether oxygens (including phenoxy) is 1. The standard InChI is InChI=1S/C12H4Cl6O/c13-5-1-9(16)12(10(17)2-5)19-6-3-7(14)11(18)8(15)4-6/h1-4H. The van der Waals surface area contributed by atoms with Gasteiger partial charge in [-0.2, -0.15) is 0 Å². The Hall–Kier alpha value is -0.0200. The maximum atomic E-state index is 6.01. The Balaban J connectivity index is 2.42. The van der Waals surface area contributed by atoms with Crippen molar-refractivity contribution in [3.05, 3.63) is 54.4 Å². The molecular formula is C12H4Cl6O. The minimum absolute atomic E-state index is 0.254. The van der Waals surface area contributed by atoms with Crippen LogP contribution >= 0.6 is 69.6 Å². The molecule has 0 unspecified atom stereocenters. The molecule has 0 aliphatic carbocycles. The largest absolute Gasteiger partial charge is 0.454 e. The van der Waals surface area contributed by atoms with Crippen LogP contribution in [0.2, 0.25) is 30.1 Å². The van der Waals surface area contributed by atoms with Crippen molar-refractivity contribution in [1.29, 1.82) is 0 Å². The number of halogens is 6. The molecule has 2 aromatic rings. The fourth-order valence-electron chi connectivity index (χ4n) is 1.34. The first-order chi connectivity index (χ1) is 8.88. The number of hydrogen-bond acceptors (Lipinski definition) is 1. The van der Waals surface area contributed by atoms with E-state index in [1.807, 2.05) is 0 Å². The van der Waals surface area contributed by atoms with Gasteiger partial charge in [0.05, 0.1) is 25.1 Å². The Kier molecular flexibility index (Phi) is 4.99. The summed E-state index contributed by atoms with van der Waals surface area (Å²) in [6.45, 7) is 0. The van der Waals surface area contributed by atoms with Crippen molar-refractivity contribution >= 4 is 69.6 Å². The molecule has 0 aliphatic rings. The second kappa shape index (κ2) is 6.17. The van der Waals surface area contributed by atoms with Gasteiger partial charge in [-0.25, -0.2) is 0 Å². The highest BCUT2D eigenvalue weighted by atomic mass is 35.5. The third-order valence-corrected chi connectivity index (χ3v) is 4.12. The summed E-state index contributed by atoms with van der Waals surface area (Å²) in [6, 6.07) is 6.06. The molecular weight excluding hydrogens is 373 g/mol. The lowest BCUT2D eigenvalue weighted by Crippen LogP contribution is -1.88. The monoisotopic (exact) mass is 374 g/mol. The van der Waals surface area contributed by atoms with Crippen LogP contribution in [0.1, 0.15) is 0 Å². The van der Waals surface area contributed by atoms with Crippen LogP contribution in [0.4, 0.5) is 0 Å². The van der Waals surface area contributed by atoms with Crippen LogP contribution in [0.15, 0.2) is 24.3 Å². The van der Waals surface area contributed by atoms with Gasteiger partial charge in [0.25, 0.3) is 0 Å². The van der Waals surface area contributed by atoms with Crippen molar-refractivity contribution in [2.24, 2.45) is 0 Å². The molecule has 7 heteroatoms. The fourth-order valence-corrected chi connectivity index (χ4v) is 2.81. The van der Waals surface area contributed by atoms with Gasteiger partial charge >= 0.3 is 0 Å². The van der Waals surface area contributed by atoms with Crippen molar-refractivity contribution in [2.75, 3.05) is 0 Å². The Morgan fingerprint density at radius 1 is 0.632 bits per heavy atom. The lowest BCUT2D eigenvalue weighted by molar-refractivity contribution is 0.483. The summed E-state index contributed by atoms with van der Waals surface area (Å²) in [5.74, 6) is 0.632. The molecule has 0 amide bonds. The highest BCUT2D eigenvalue weighted by Crippen LogP contribution is 2.41. The number of rotatable bonds is 2. The Morgan fingerprint density at radius 2 is 1.11 bits per heavy atom. The normalized spacial score (nSPS) is 10.6. The van der Waals surface area contributed by atoms with Crippen LogP contribution in [0.25, 0.3) is 0 Å². The summed E-state index contributed by atoms with van der Waals surface area (Å²) in [7, 11) is 0. The van der Waals surface area contributed by atoms with Crippen LogP contribution in [-0.4, -0.2) is 0 Å². The fraction of sp³-hybridized carbons (Fsp3) is 0. The van der Waals surface area contributed by atoms with E-state index in [2.05, 4.69) is 0 Å². The van der Waals surface area contributed by atoms with Crippen molar-refractivity contribution in [2.45, 2.75) is 0 Å². The minimum Gasteiger partial charge on any atom is -0.454 e. The molecule has 0 bridgehead atoms. The predicted molar refractivity (Wildman–Crippen MR) is 83.0 cm³/mol.